The highest BCUT2D eigenvalue weighted by atomic mass is 32.2. The Morgan fingerprint density at radius 1 is 1.44 bits per heavy atom. The Balaban J connectivity index is 2.44. The van der Waals surface area contributed by atoms with Gasteiger partial charge in [-0.2, -0.15) is 0 Å². The lowest BCUT2D eigenvalue weighted by molar-refractivity contribution is -0.144. The molecule has 0 aromatic carbocycles. The summed E-state index contributed by atoms with van der Waals surface area (Å²) in [5, 5.41) is 8.79. The van der Waals surface area contributed by atoms with E-state index >= 15 is 0 Å². The lowest BCUT2D eigenvalue weighted by Gasteiger charge is -2.39. The Hall–Kier alpha value is -1.15. The van der Waals surface area contributed by atoms with Crippen LogP contribution in [0.15, 0.2) is 0 Å². The first-order valence-corrected chi connectivity index (χ1v) is 7.16. The van der Waals surface area contributed by atoms with Gasteiger partial charge in [-0.05, 0) is 5.92 Å². The summed E-state index contributed by atoms with van der Waals surface area (Å²) in [6.45, 7) is 1.97. The highest BCUT2D eigenvalue weighted by molar-refractivity contribution is 7.89. The Morgan fingerprint density at radius 3 is 2.44 bits per heavy atom. The van der Waals surface area contributed by atoms with Crippen molar-refractivity contribution in [2.24, 2.45) is 11.8 Å². The summed E-state index contributed by atoms with van der Waals surface area (Å²) < 4.78 is 29.1. The van der Waals surface area contributed by atoms with E-state index in [9.17, 15) is 18.0 Å². The van der Waals surface area contributed by atoms with Crippen LogP contribution in [-0.2, 0) is 24.3 Å². The van der Waals surface area contributed by atoms with E-state index in [2.05, 4.69) is 4.74 Å². The van der Waals surface area contributed by atoms with Crippen LogP contribution in [0.2, 0.25) is 0 Å². The first-order chi connectivity index (χ1) is 8.27. The number of hydrogen-bond acceptors (Lipinski definition) is 5. The van der Waals surface area contributed by atoms with E-state index in [0.29, 0.717) is 0 Å². The number of aliphatic carboxylic acids is 1. The summed E-state index contributed by atoms with van der Waals surface area (Å²) in [7, 11) is -2.28. The van der Waals surface area contributed by atoms with Gasteiger partial charge in [-0.1, -0.05) is 6.92 Å². The molecule has 0 aromatic heterocycles. The smallest absolute Gasteiger partial charge is 0.306 e. The molecule has 0 amide bonds. The number of carbonyl (C=O) groups excluding carboxylic acids is 1. The van der Waals surface area contributed by atoms with Crippen LogP contribution in [0.4, 0.5) is 0 Å². The molecular weight excluding hydrogens is 262 g/mol. The van der Waals surface area contributed by atoms with Crippen LogP contribution in [0, 0.1) is 11.8 Å². The van der Waals surface area contributed by atoms with Gasteiger partial charge in [0.05, 0.1) is 25.2 Å². The SMILES string of the molecule is COC(=O)CCS(=O)(=O)N1CC(C(C)C(=O)O)C1. The van der Waals surface area contributed by atoms with Gasteiger partial charge in [-0.15, -0.1) is 0 Å². The molecule has 1 aliphatic heterocycles. The minimum absolute atomic E-state index is 0.157. The van der Waals surface area contributed by atoms with Crippen molar-refractivity contribution in [2.75, 3.05) is 26.0 Å². The second-order valence-corrected chi connectivity index (χ2v) is 6.43. The van der Waals surface area contributed by atoms with Crippen molar-refractivity contribution >= 4 is 22.0 Å². The van der Waals surface area contributed by atoms with Gasteiger partial charge in [0.25, 0.3) is 0 Å². The number of esters is 1. The second-order valence-electron chi connectivity index (χ2n) is 4.35. The predicted octanol–water partition coefficient (Wildman–Crippen LogP) is -0.468. The van der Waals surface area contributed by atoms with Crippen molar-refractivity contribution in [1.29, 1.82) is 0 Å². The molecule has 1 aliphatic rings. The molecule has 1 unspecified atom stereocenters. The third-order valence-electron chi connectivity index (χ3n) is 3.16. The van der Waals surface area contributed by atoms with Gasteiger partial charge < -0.3 is 9.84 Å². The molecule has 1 saturated heterocycles. The zero-order valence-corrected chi connectivity index (χ0v) is 11.1. The van der Waals surface area contributed by atoms with Crippen molar-refractivity contribution in [3.63, 3.8) is 0 Å². The third-order valence-corrected chi connectivity index (χ3v) is 4.96. The minimum Gasteiger partial charge on any atom is -0.481 e. The van der Waals surface area contributed by atoms with Crippen LogP contribution in [0.25, 0.3) is 0 Å². The van der Waals surface area contributed by atoms with Crippen LogP contribution in [0.5, 0.6) is 0 Å². The van der Waals surface area contributed by atoms with Crippen LogP contribution >= 0.6 is 0 Å². The van der Waals surface area contributed by atoms with Gasteiger partial charge >= 0.3 is 11.9 Å². The second kappa shape index (κ2) is 5.66. The standard InChI is InChI=1S/C10H17NO6S/c1-7(10(13)14)8-5-11(6-8)18(15,16)4-3-9(12)17-2/h7-8H,3-6H2,1-2H3,(H,13,14). The van der Waals surface area contributed by atoms with E-state index in [1.165, 1.54) is 11.4 Å². The van der Waals surface area contributed by atoms with Crippen molar-refractivity contribution < 1.29 is 27.9 Å². The number of hydrogen-bond donors (Lipinski definition) is 1. The maximum absolute atomic E-state index is 11.7. The molecule has 0 aliphatic carbocycles. The Labute approximate surface area is 106 Å². The molecule has 0 saturated carbocycles. The fourth-order valence-electron chi connectivity index (χ4n) is 1.66. The number of ether oxygens (including phenoxy) is 1. The van der Waals surface area contributed by atoms with Gasteiger partial charge in [-0.25, -0.2) is 12.7 Å². The number of carboxylic acids is 1. The number of sulfonamides is 1. The van der Waals surface area contributed by atoms with Crippen LogP contribution in [-0.4, -0.2) is 55.7 Å². The largest absolute Gasteiger partial charge is 0.481 e. The van der Waals surface area contributed by atoms with Gasteiger partial charge in [0, 0.05) is 13.1 Å². The number of nitrogens with zero attached hydrogens (tertiary/aromatic N) is 1. The highest BCUT2D eigenvalue weighted by Crippen LogP contribution is 2.26. The lowest BCUT2D eigenvalue weighted by Crippen LogP contribution is -2.54. The van der Waals surface area contributed by atoms with E-state index < -0.39 is 27.9 Å². The first-order valence-electron chi connectivity index (χ1n) is 5.55. The van der Waals surface area contributed by atoms with E-state index in [1.807, 2.05) is 0 Å². The van der Waals surface area contributed by atoms with E-state index in [4.69, 9.17) is 5.11 Å². The average Bonchev–Trinajstić information content (AvgIpc) is 2.23. The monoisotopic (exact) mass is 279 g/mol. The molecule has 1 N–H and O–H groups in total. The normalized spacial score (nSPS) is 19.0. The zero-order chi connectivity index (χ0) is 13.9. The number of carbonyl (C=O) groups is 2. The molecule has 1 fully saturated rings. The summed E-state index contributed by atoms with van der Waals surface area (Å²) in [6, 6.07) is 0. The Kier molecular flexibility index (Phi) is 4.69. The molecule has 0 radical (unpaired) electrons. The lowest BCUT2D eigenvalue weighted by atomic mass is 9.89. The van der Waals surface area contributed by atoms with Crippen LogP contribution in [0.3, 0.4) is 0 Å². The molecular formula is C10H17NO6S. The van der Waals surface area contributed by atoms with Gasteiger partial charge in [0.2, 0.25) is 10.0 Å². The Bertz CT molecular complexity index is 426. The molecule has 1 heterocycles. The summed E-state index contributed by atoms with van der Waals surface area (Å²) in [5.41, 5.74) is 0. The maximum Gasteiger partial charge on any atom is 0.306 e. The summed E-state index contributed by atoms with van der Waals surface area (Å²) in [5.74, 6) is -2.51. The third kappa shape index (κ3) is 3.42. The quantitative estimate of drug-likeness (QED) is 0.660. The number of rotatable bonds is 6. The molecule has 0 spiro atoms. The average molecular weight is 279 g/mol. The Morgan fingerprint density at radius 2 is 2.00 bits per heavy atom. The fraction of sp³-hybridized carbons (Fsp3) is 0.800. The molecule has 104 valence electrons. The zero-order valence-electron chi connectivity index (χ0n) is 10.3. The van der Waals surface area contributed by atoms with E-state index in [0.717, 1.165) is 0 Å². The number of methoxy groups -OCH3 is 1. The number of carboxylic acid groups (broad SMARTS) is 1. The van der Waals surface area contributed by atoms with Gasteiger partial charge in [0.15, 0.2) is 0 Å². The molecule has 1 rings (SSSR count). The fourth-order valence-corrected chi connectivity index (χ4v) is 3.18. The van der Waals surface area contributed by atoms with Gasteiger partial charge in [-0.3, -0.25) is 9.59 Å². The van der Waals surface area contributed by atoms with Crippen molar-refractivity contribution in [1.82, 2.24) is 4.31 Å². The molecule has 0 bridgehead atoms. The van der Waals surface area contributed by atoms with E-state index in [-0.39, 0.29) is 31.2 Å². The summed E-state index contributed by atoms with van der Waals surface area (Å²) in [6.07, 6.45) is -0.186. The van der Waals surface area contributed by atoms with Crippen molar-refractivity contribution in [2.45, 2.75) is 13.3 Å². The topological polar surface area (TPSA) is 101 Å². The minimum atomic E-state index is -3.48. The molecule has 0 aromatic rings. The highest BCUT2D eigenvalue weighted by Gasteiger charge is 2.40. The molecule has 1 atom stereocenters. The summed E-state index contributed by atoms with van der Waals surface area (Å²) in [4.78, 5) is 21.6. The van der Waals surface area contributed by atoms with Crippen molar-refractivity contribution in [3.8, 4) is 0 Å². The maximum atomic E-state index is 11.7. The summed E-state index contributed by atoms with van der Waals surface area (Å²) >= 11 is 0. The molecule has 7 nitrogen and oxygen atoms in total. The van der Waals surface area contributed by atoms with E-state index in [1.54, 1.807) is 6.92 Å². The molecule has 8 heteroatoms. The van der Waals surface area contributed by atoms with Gasteiger partial charge in [0.1, 0.15) is 0 Å². The predicted molar refractivity (Wildman–Crippen MR) is 62.3 cm³/mol. The van der Waals surface area contributed by atoms with Crippen LogP contribution < -0.4 is 0 Å². The first kappa shape index (κ1) is 14.9. The van der Waals surface area contributed by atoms with Crippen molar-refractivity contribution in [3.05, 3.63) is 0 Å². The molecule has 18 heavy (non-hydrogen) atoms. The van der Waals surface area contributed by atoms with Crippen LogP contribution in [0.1, 0.15) is 13.3 Å².